The molecule has 170 valence electrons. The number of halogens is 4. The van der Waals surface area contributed by atoms with Crippen LogP contribution in [0, 0.1) is 0 Å². The minimum atomic E-state index is 1.09. The Morgan fingerprint density at radius 1 is 0.361 bits per heavy atom. The van der Waals surface area contributed by atoms with Crippen LogP contribution in [0.2, 0.25) is 0 Å². The third-order valence-corrected chi connectivity index (χ3v) is 9.75. The van der Waals surface area contributed by atoms with Crippen molar-refractivity contribution in [2.75, 3.05) is 0 Å². The Labute approximate surface area is 237 Å². The van der Waals surface area contributed by atoms with Gasteiger partial charge in [-0.15, -0.1) is 0 Å². The van der Waals surface area contributed by atoms with E-state index in [2.05, 4.69) is 145 Å². The lowest BCUT2D eigenvalue weighted by Gasteiger charge is -2.03. The highest BCUT2D eigenvalue weighted by molar-refractivity contribution is 9.11. The number of hydrogen-bond acceptors (Lipinski definition) is 0. The van der Waals surface area contributed by atoms with E-state index in [9.17, 15) is 0 Å². The zero-order valence-corrected chi connectivity index (χ0v) is 24.7. The van der Waals surface area contributed by atoms with Gasteiger partial charge < -0.3 is 8.80 Å². The van der Waals surface area contributed by atoms with Gasteiger partial charge in [0.1, 0.15) is 0 Å². The molecule has 0 bridgehead atoms. The van der Waals surface area contributed by atoms with Gasteiger partial charge in [0.15, 0.2) is 0 Å². The fourth-order valence-corrected chi connectivity index (χ4v) is 7.96. The van der Waals surface area contributed by atoms with Crippen molar-refractivity contribution in [1.82, 2.24) is 8.80 Å². The topological polar surface area (TPSA) is 8.82 Å². The zero-order chi connectivity index (χ0) is 24.0. The maximum atomic E-state index is 3.74. The quantitative estimate of drug-likeness (QED) is 0.148. The predicted molar refractivity (Wildman–Crippen MR) is 167 cm³/mol. The van der Waals surface area contributed by atoms with Crippen LogP contribution >= 0.6 is 63.7 Å². The molecule has 0 aliphatic heterocycles. The molecule has 0 saturated heterocycles. The minimum absolute atomic E-state index is 1.09. The Hall–Kier alpha value is -2.38. The van der Waals surface area contributed by atoms with Crippen LogP contribution in [0.25, 0.3) is 76.2 Å². The summed E-state index contributed by atoms with van der Waals surface area (Å²) in [6.45, 7) is 0. The summed E-state index contributed by atoms with van der Waals surface area (Å²) in [5.74, 6) is 0. The summed E-state index contributed by atoms with van der Waals surface area (Å²) >= 11 is 15.0. The van der Waals surface area contributed by atoms with E-state index in [4.69, 9.17) is 0 Å². The molecule has 0 radical (unpaired) electrons. The third kappa shape index (κ3) is 2.30. The highest BCUT2D eigenvalue weighted by atomic mass is 79.9. The standard InChI is InChI=1S/C30H12Br4N2/c31-13-1-5-17-21(9-13)35-22-10-14(32)3-7-19(22)27-28-20-8-4-16(34)12-24(20)36-23-11-15(33)2-6-18(23)26(30(28)36)25(17)29(27)35/h1-12H. The Morgan fingerprint density at radius 2 is 0.611 bits per heavy atom. The van der Waals surface area contributed by atoms with Crippen LogP contribution in [0.3, 0.4) is 0 Å². The molecule has 0 amide bonds. The molecule has 0 N–H and O–H groups in total. The molecule has 0 atom stereocenters. The van der Waals surface area contributed by atoms with Gasteiger partial charge in [-0.25, -0.2) is 0 Å². The van der Waals surface area contributed by atoms with E-state index < -0.39 is 0 Å². The lowest BCUT2D eigenvalue weighted by atomic mass is 9.98. The molecular formula is C30H12Br4N2. The number of aromatic nitrogens is 2. The lowest BCUT2D eigenvalue weighted by molar-refractivity contribution is 1.36. The molecule has 4 aromatic heterocycles. The molecule has 0 fully saturated rings. The number of benzene rings is 5. The fraction of sp³-hybridized carbons (Fsp3) is 0. The van der Waals surface area contributed by atoms with Crippen molar-refractivity contribution in [3.05, 3.63) is 90.7 Å². The van der Waals surface area contributed by atoms with E-state index in [1.54, 1.807) is 0 Å². The van der Waals surface area contributed by atoms with E-state index in [0.29, 0.717) is 0 Å². The highest BCUT2D eigenvalue weighted by Gasteiger charge is 2.28. The van der Waals surface area contributed by atoms with E-state index in [1.165, 1.54) is 76.2 Å². The van der Waals surface area contributed by atoms with Crippen molar-refractivity contribution < 1.29 is 0 Å². The molecule has 0 spiro atoms. The molecule has 6 heteroatoms. The second-order valence-electron chi connectivity index (χ2n) is 9.51. The fourth-order valence-electron chi connectivity index (χ4n) is 6.57. The van der Waals surface area contributed by atoms with Gasteiger partial charge in [-0.05, 0) is 48.5 Å². The van der Waals surface area contributed by atoms with Crippen molar-refractivity contribution in [2.24, 2.45) is 0 Å². The molecule has 5 aromatic carbocycles. The Morgan fingerprint density at radius 3 is 0.861 bits per heavy atom. The van der Waals surface area contributed by atoms with Crippen LogP contribution in [-0.2, 0) is 0 Å². The van der Waals surface area contributed by atoms with Crippen molar-refractivity contribution in [1.29, 1.82) is 0 Å². The van der Waals surface area contributed by atoms with E-state index in [0.717, 1.165) is 17.9 Å². The molecule has 4 heterocycles. The summed E-state index contributed by atoms with van der Waals surface area (Å²) in [6, 6.07) is 26.8. The van der Waals surface area contributed by atoms with E-state index in [1.807, 2.05) is 0 Å². The summed E-state index contributed by atoms with van der Waals surface area (Å²) < 4.78 is 9.29. The van der Waals surface area contributed by atoms with Crippen LogP contribution in [-0.4, -0.2) is 8.80 Å². The maximum Gasteiger partial charge on any atom is 0.0634 e. The molecule has 36 heavy (non-hydrogen) atoms. The summed E-state index contributed by atoms with van der Waals surface area (Å²) in [5, 5.41) is 10.5. The van der Waals surface area contributed by atoms with Gasteiger partial charge in [0.25, 0.3) is 0 Å². The van der Waals surface area contributed by atoms with Crippen molar-refractivity contribution in [2.45, 2.75) is 0 Å². The first-order chi connectivity index (χ1) is 17.5. The summed E-state index contributed by atoms with van der Waals surface area (Å²) in [5.41, 5.74) is 7.51. The summed E-state index contributed by atoms with van der Waals surface area (Å²) in [4.78, 5) is 0. The number of hydrogen-bond donors (Lipinski definition) is 0. The average Bonchev–Trinajstić information content (AvgIpc) is 3.55. The largest absolute Gasteiger partial charge is 0.308 e. The number of nitrogens with zero attached hydrogens (tertiary/aromatic N) is 2. The van der Waals surface area contributed by atoms with E-state index >= 15 is 0 Å². The smallest absolute Gasteiger partial charge is 0.0634 e. The molecule has 0 saturated carbocycles. The lowest BCUT2D eigenvalue weighted by Crippen LogP contribution is -1.80. The van der Waals surface area contributed by atoms with E-state index in [-0.39, 0.29) is 0 Å². The van der Waals surface area contributed by atoms with Gasteiger partial charge in [-0.1, -0.05) is 88.0 Å². The monoisotopic (exact) mass is 716 g/mol. The zero-order valence-electron chi connectivity index (χ0n) is 18.3. The maximum absolute atomic E-state index is 3.74. The Balaban J connectivity index is 1.79. The molecule has 9 rings (SSSR count). The van der Waals surface area contributed by atoms with Gasteiger partial charge in [0, 0.05) is 61.0 Å². The van der Waals surface area contributed by atoms with Crippen molar-refractivity contribution in [3.63, 3.8) is 0 Å². The van der Waals surface area contributed by atoms with Crippen LogP contribution in [0.1, 0.15) is 0 Å². The SMILES string of the molecule is Brc1ccc2c3c4c5ccc(Br)cc5n5c6cc(Br)ccc6c(c6c7ccc(Br)cc7n(c2c1)c36)c45. The highest BCUT2D eigenvalue weighted by Crippen LogP contribution is 2.52. The molecule has 0 aliphatic carbocycles. The number of fused-ring (bicyclic) bond motifs is 14. The van der Waals surface area contributed by atoms with Gasteiger partial charge >= 0.3 is 0 Å². The molecular weight excluding hydrogens is 708 g/mol. The van der Waals surface area contributed by atoms with Gasteiger partial charge in [0.2, 0.25) is 0 Å². The molecule has 0 unspecified atom stereocenters. The minimum Gasteiger partial charge on any atom is -0.308 e. The first kappa shape index (κ1) is 20.7. The van der Waals surface area contributed by atoms with Crippen molar-refractivity contribution >= 4 is 140 Å². The normalized spacial score (nSPS) is 13.0. The first-order valence-electron chi connectivity index (χ1n) is 11.5. The second-order valence-corrected chi connectivity index (χ2v) is 13.2. The molecule has 0 aliphatic rings. The van der Waals surface area contributed by atoms with Crippen LogP contribution in [0.4, 0.5) is 0 Å². The van der Waals surface area contributed by atoms with Gasteiger partial charge in [-0.3, -0.25) is 0 Å². The Bertz CT molecular complexity index is 2080. The van der Waals surface area contributed by atoms with Crippen LogP contribution in [0.15, 0.2) is 90.7 Å². The summed E-state index contributed by atoms with van der Waals surface area (Å²) in [6.07, 6.45) is 0. The van der Waals surface area contributed by atoms with Crippen LogP contribution in [0.5, 0.6) is 0 Å². The molecule has 2 nitrogen and oxygen atoms in total. The average molecular weight is 720 g/mol. The van der Waals surface area contributed by atoms with Crippen LogP contribution < -0.4 is 0 Å². The Kier molecular flexibility index (Phi) is 3.86. The third-order valence-electron chi connectivity index (χ3n) is 7.77. The number of rotatable bonds is 0. The van der Waals surface area contributed by atoms with Gasteiger partial charge in [0.05, 0.1) is 33.1 Å². The predicted octanol–water partition coefficient (Wildman–Crippen LogP) is 11.0. The van der Waals surface area contributed by atoms with Crippen molar-refractivity contribution in [3.8, 4) is 0 Å². The molecule has 9 aromatic rings. The summed E-state index contributed by atoms with van der Waals surface area (Å²) in [7, 11) is 0. The second kappa shape index (κ2) is 6.73. The first-order valence-corrected chi connectivity index (χ1v) is 14.7. The van der Waals surface area contributed by atoms with Gasteiger partial charge in [-0.2, -0.15) is 0 Å².